The van der Waals surface area contributed by atoms with E-state index in [1.165, 1.54) is 24.9 Å². The molecule has 0 bridgehead atoms. The second-order valence-corrected chi connectivity index (χ2v) is 6.98. The zero-order chi connectivity index (χ0) is 16.2. The molecule has 0 amide bonds. The van der Waals surface area contributed by atoms with Crippen molar-refractivity contribution in [2.24, 2.45) is 0 Å². The molecule has 0 unspecified atom stereocenters. The van der Waals surface area contributed by atoms with Gasteiger partial charge in [0.2, 0.25) is 0 Å². The molecule has 1 heterocycles. The highest BCUT2D eigenvalue weighted by molar-refractivity contribution is 5.37. The second kappa shape index (κ2) is 7.28. The van der Waals surface area contributed by atoms with Crippen LogP contribution < -0.4 is 0 Å². The van der Waals surface area contributed by atoms with Gasteiger partial charge < -0.3 is 14.9 Å². The van der Waals surface area contributed by atoms with Crippen LogP contribution in [0.15, 0.2) is 24.3 Å². The summed E-state index contributed by atoms with van der Waals surface area (Å²) in [6.07, 6.45) is 2.63. The van der Waals surface area contributed by atoms with Crippen molar-refractivity contribution in [1.29, 1.82) is 0 Å². The number of aliphatic hydroxyl groups is 1. The molecule has 0 saturated carbocycles. The lowest BCUT2D eigenvalue weighted by Gasteiger charge is -2.25. The highest BCUT2D eigenvalue weighted by Crippen LogP contribution is 2.16. The van der Waals surface area contributed by atoms with Crippen LogP contribution in [0.1, 0.15) is 37.8 Å². The van der Waals surface area contributed by atoms with Crippen molar-refractivity contribution in [3.8, 4) is 11.8 Å². The quantitative estimate of drug-likeness (QED) is 0.865. The molecule has 0 aromatic heterocycles. The summed E-state index contributed by atoms with van der Waals surface area (Å²) in [5.74, 6) is 5.85. The second-order valence-electron chi connectivity index (χ2n) is 6.98. The Kier molecular flexibility index (Phi) is 5.63. The van der Waals surface area contributed by atoms with Gasteiger partial charge in [-0.3, -0.25) is 0 Å². The molecule has 1 aliphatic heterocycles. The molecule has 3 heteroatoms. The number of hydrogen-bond donors (Lipinski definition) is 1. The summed E-state index contributed by atoms with van der Waals surface area (Å²) >= 11 is 0. The predicted octanol–water partition coefficient (Wildman–Crippen LogP) is 2.33. The van der Waals surface area contributed by atoms with Crippen molar-refractivity contribution < 1.29 is 5.11 Å². The first-order valence-corrected chi connectivity index (χ1v) is 8.07. The first-order valence-electron chi connectivity index (χ1n) is 8.07. The molecule has 3 nitrogen and oxygen atoms in total. The summed E-state index contributed by atoms with van der Waals surface area (Å²) in [7, 11) is 4.41. The van der Waals surface area contributed by atoms with Gasteiger partial charge >= 0.3 is 0 Å². The number of nitrogens with zero attached hydrogens (tertiary/aromatic N) is 2. The van der Waals surface area contributed by atoms with Crippen LogP contribution in [-0.2, 0) is 6.54 Å². The fraction of sp³-hybridized carbons (Fsp3) is 0.579. The lowest BCUT2D eigenvalue weighted by molar-refractivity contribution is 0.143. The van der Waals surface area contributed by atoms with E-state index in [2.05, 4.69) is 47.9 Å². The summed E-state index contributed by atoms with van der Waals surface area (Å²) < 4.78 is 0. The standard InChI is InChI=1S/C19H28N2O/c1-19(2,22)12-11-16-7-9-17(10-8-16)14-20(3)15-18-6-5-13-21(18)4/h7-10,18,22H,5-6,13-15H2,1-4H3/t18-/m0/s1. The van der Waals surface area contributed by atoms with E-state index >= 15 is 0 Å². The van der Waals surface area contributed by atoms with Crippen LogP contribution in [-0.4, -0.2) is 53.7 Å². The molecule has 1 atom stereocenters. The van der Waals surface area contributed by atoms with E-state index in [1.807, 2.05) is 12.1 Å². The van der Waals surface area contributed by atoms with E-state index in [4.69, 9.17) is 0 Å². The minimum absolute atomic E-state index is 0.696. The Balaban J connectivity index is 1.89. The Morgan fingerprint density at radius 2 is 2.00 bits per heavy atom. The van der Waals surface area contributed by atoms with Crippen LogP contribution >= 0.6 is 0 Å². The first-order chi connectivity index (χ1) is 10.3. The Hall–Kier alpha value is -1.34. The Morgan fingerprint density at radius 3 is 2.55 bits per heavy atom. The lowest BCUT2D eigenvalue weighted by atomic mass is 10.1. The monoisotopic (exact) mass is 300 g/mol. The predicted molar refractivity (Wildman–Crippen MR) is 91.6 cm³/mol. The van der Waals surface area contributed by atoms with Crippen LogP contribution in [0.5, 0.6) is 0 Å². The average Bonchev–Trinajstić information content (AvgIpc) is 2.82. The molecular formula is C19H28N2O. The van der Waals surface area contributed by atoms with Gasteiger partial charge in [-0.05, 0) is 65.0 Å². The molecule has 0 radical (unpaired) electrons. The van der Waals surface area contributed by atoms with Crippen LogP contribution in [0.2, 0.25) is 0 Å². The summed E-state index contributed by atoms with van der Waals surface area (Å²) in [6.45, 7) is 6.71. The Labute approximate surface area is 134 Å². The lowest BCUT2D eigenvalue weighted by Crippen LogP contribution is -2.36. The average molecular weight is 300 g/mol. The third-order valence-corrected chi connectivity index (χ3v) is 4.11. The summed E-state index contributed by atoms with van der Waals surface area (Å²) in [4.78, 5) is 4.86. The Bertz CT molecular complexity index is 533. The van der Waals surface area contributed by atoms with Crippen molar-refractivity contribution in [1.82, 2.24) is 9.80 Å². The van der Waals surface area contributed by atoms with Crippen LogP contribution in [0.25, 0.3) is 0 Å². The fourth-order valence-corrected chi connectivity index (χ4v) is 2.86. The molecular weight excluding hydrogens is 272 g/mol. The number of benzene rings is 1. The first kappa shape index (κ1) is 17.0. The van der Waals surface area contributed by atoms with Gasteiger partial charge in [-0.2, -0.15) is 0 Å². The van der Waals surface area contributed by atoms with Gasteiger partial charge in [0.15, 0.2) is 0 Å². The molecule has 1 aromatic carbocycles. The maximum Gasteiger partial charge on any atom is 0.120 e. The number of hydrogen-bond acceptors (Lipinski definition) is 3. The topological polar surface area (TPSA) is 26.7 Å². The van der Waals surface area contributed by atoms with Gasteiger partial charge in [0, 0.05) is 24.7 Å². The molecule has 0 aliphatic carbocycles. The molecule has 1 aliphatic rings. The van der Waals surface area contributed by atoms with E-state index < -0.39 is 5.60 Å². The number of rotatable bonds is 4. The van der Waals surface area contributed by atoms with Gasteiger partial charge in [-0.15, -0.1) is 0 Å². The largest absolute Gasteiger partial charge is 0.378 e. The van der Waals surface area contributed by atoms with Gasteiger partial charge in [-0.25, -0.2) is 0 Å². The third kappa shape index (κ3) is 5.46. The van der Waals surface area contributed by atoms with E-state index in [1.54, 1.807) is 13.8 Å². The zero-order valence-electron chi connectivity index (χ0n) is 14.3. The fourth-order valence-electron chi connectivity index (χ4n) is 2.86. The van der Waals surface area contributed by atoms with Gasteiger partial charge in [0.05, 0.1) is 0 Å². The van der Waals surface area contributed by atoms with Crippen molar-refractivity contribution in [3.63, 3.8) is 0 Å². The number of likely N-dealkylation sites (N-methyl/N-ethyl adjacent to an activating group) is 2. The molecule has 1 fully saturated rings. The smallest absolute Gasteiger partial charge is 0.120 e. The Morgan fingerprint density at radius 1 is 1.32 bits per heavy atom. The minimum atomic E-state index is -0.938. The molecule has 1 aromatic rings. The van der Waals surface area contributed by atoms with E-state index in [9.17, 15) is 5.11 Å². The van der Waals surface area contributed by atoms with E-state index in [0.717, 1.165) is 18.7 Å². The zero-order valence-corrected chi connectivity index (χ0v) is 14.3. The van der Waals surface area contributed by atoms with Crippen LogP contribution in [0, 0.1) is 11.8 Å². The third-order valence-electron chi connectivity index (χ3n) is 4.11. The molecule has 1 N–H and O–H groups in total. The molecule has 1 saturated heterocycles. The van der Waals surface area contributed by atoms with E-state index in [0.29, 0.717) is 6.04 Å². The molecule has 120 valence electrons. The van der Waals surface area contributed by atoms with Gasteiger partial charge in [0.25, 0.3) is 0 Å². The maximum absolute atomic E-state index is 9.63. The molecule has 22 heavy (non-hydrogen) atoms. The summed E-state index contributed by atoms with van der Waals surface area (Å²) in [5, 5.41) is 9.63. The van der Waals surface area contributed by atoms with E-state index in [-0.39, 0.29) is 0 Å². The van der Waals surface area contributed by atoms with Crippen LogP contribution in [0.3, 0.4) is 0 Å². The minimum Gasteiger partial charge on any atom is -0.378 e. The summed E-state index contributed by atoms with van der Waals surface area (Å²) in [6, 6.07) is 9.02. The van der Waals surface area contributed by atoms with Gasteiger partial charge in [-0.1, -0.05) is 24.0 Å². The van der Waals surface area contributed by atoms with Crippen molar-refractivity contribution >= 4 is 0 Å². The van der Waals surface area contributed by atoms with Crippen molar-refractivity contribution in [2.75, 3.05) is 27.2 Å². The highest BCUT2D eigenvalue weighted by Gasteiger charge is 2.21. The van der Waals surface area contributed by atoms with Gasteiger partial charge in [0.1, 0.15) is 5.60 Å². The van der Waals surface area contributed by atoms with Crippen LogP contribution in [0.4, 0.5) is 0 Å². The highest BCUT2D eigenvalue weighted by atomic mass is 16.3. The molecule has 0 spiro atoms. The molecule has 2 rings (SSSR count). The maximum atomic E-state index is 9.63. The normalized spacial score (nSPS) is 19.3. The van der Waals surface area contributed by atoms with Crippen molar-refractivity contribution in [2.45, 2.75) is 44.9 Å². The van der Waals surface area contributed by atoms with Crippen molar-refractivity contribution in [3.05, 3.63) is 35.4 Å². The number of likely N-dealkylation sites (tertiary alicyclic amines) is 1. The SMILES string of the molecule is CN(Cc1ccc(C#CC(C)(C)O)cc1)C[C@@H]1CCCN1C. The summed E-state index contributed by atoms with van der Waals surface area (Å²) in [5.41, 5.74) is 1.31.